The summed E-state index contributed by atoms with van der Waals surface area (Å²) in [5.41, 5.74) is 0.728. The Morgan fingerprint density at radius 3 is 2.75 bits per heavy atom. The lowest BCUT2D eigenvalue weighted by Crippen LogP contribution is -1.92. The average Bonchev–Trinajstić information content (AvgIpc) is 3.05. The Morgan fingerprint density at radius 2 is 2.04 bits per heavy atom. The number of benzene rings is 1. The normalized spacial score (nSPS) is 10.8. The molecule has 0 unspecified atom stereocenters. The minimum absolute atomic E-state index is 0.0685. The van der Waals surface area contributed by atoms with Crippen LogP contribution in [-0.4, -0.2) is 26.8 Å². The topological polar surface area (TPSA) is 81.3 Å². The molecule has 0 spiro atoms. The summed E-state index contributed by atoms with van der Waals surface area (Å²) in [4.78, 5) is 8.04. The van der Waals surface area contributed by atoms with Crippen molar-refractivity contribution in [3.8, 4) is 23.0 Å². The fourth-order valence-electron chi connectivity index (χ4n) is 1.96. The smallest absolute Gasteiger partial charge is 0.255 e. The number of aromatic nitrogens is 3. The highest BCUT2D eigenvalue weighted by Gasteiger charge is 2.10. The van der Waals surface area contributed by atoms with Gasteiger partial charge in [0.2, 0.25) is 11.7 Å². The van der Waals surface area contributed by atoms with Crippen molar-refractivity contribution in [2.24, 2.45) is 0 Å². The minimum Gasteiger partial charge on any atom is -0.436 e. The van der Waals surface area contributed by atoms with Gasteiger partial charge in [0.1, 0.15) is 5.75 Å². The van der Waals surface area contributed by atoms with Crippen LogP contribution in [0.2, 0.25) is 5.02 Å². The molecule has 0 aliphatic carbocycles. The van der Waals surface area contributed by atoms with Gasteiger partial charge in [0.15, 0.2) is 5.82 Å². The molecule has 8 heteroatoms. The number of aliphatic hydroxyl groups is 1. The number of aliphatic hydroxyl groups excluding tert-OH is 1. The number of hydrogen-bond donors (Lipinski definition) is 1. The van der Waals surface area contributed by atoms with Crippen LogP contribution >= 0.6 is 11.6 Å². The quantitative estimate of drug-likeness (QED) is 0.731. The zero-order chi connectivity index (χ0) is 16.9. The second-order valence-electron chi connectivity index (χ2n) is 4.91. The van der Waals surface area contributed by atoms with E-state index < -0.39 is 5.82 Å². The molecule has 0 fully saturated rings. The Balaban J connectivity index is 1.72. The highest BCUT2D eigenvalue weighted by Crippen LogP contribution is 2.26. The van der Waals surface area contributed by atoms with Crippen molar-refractivity contribution in [2.75, 3.05) is 6.61 Å². The van der Waals surface area contributed by atoms with E-state index in [0.717, 1.165) is 11.6 Å². The molecular weight excluding hydrogens is 337 g/mol. The summed E-state index contributed by atoms with van der Waals surface area (Å²) >= 11 is 5.65. The third kappa shape index (κ3) is 3.87. The van der Waals surface area contributed by atoms with Gasteiger partial charge in [-0.15, -0.1) is 0 Å². The van der Waals surface area contributed by atoms with E-state index >= 15 is 0 Å². The molecule has 0 atom stereocenters. The summed E-state index contributed by atoms with van der Waals surface area (Å²) < 4.78 is 24.1. The molecule has 6 nitrogen and oxygen atoms in total. The van der Waals surface area contributed by atoms with E-state index in [2.05, 4.69) is 15.1 Å². The Hall–Kier alpha value is -2.51. The predicted octanol–water partition coefficient (Wildman–Crippen LogP) is 3.64. The maximum Gasteiger partial charge on any atom is 0.255 e. The molecule has 2 aromatic heterocycles. The van der Waals surface area contributed by atoms with Crippen molar-refractivity contribution in [2.45, 2.75) is 12.8 Å². The zero-order valence-corrected chi connectivity index (χ0v) is 13.2. The van der Waals surface area contributed by atoms with Crippen molar-refractivity contribution in [3.63, 3.8) is 0 Å². The zero-order valence-electron chi connectivity index (χ0n) is 12.4. The van der Waals surface area contributed by atoms with E-state index in [1.54, 1.807) is 24.3 Å². The number of halogens is 2. The van der Waals surface area contributed by atoms with Gasteiger partial charge < -0.3 is 14.4 Å². The standard InChI is InChI=1S/C16H13ClFN3O3/c17-11-8-13(18)16(19-9-11)23-12-5-3-10(4-6-12)15-20-14(24-21-15)2-1-7-22/h3-6,8-9,22H,1-2,7H2. The van der Waals surface area contributed by atoms with Gasteiger partial charge in [-0.05, 0) is 36.8 Å². The summed E-state index contributed by atoms with van der Waals surface area (Å²) in [6, 6.07) is 7.88. The fraction of sp³-hybridized carbons (Fsp3) is 0.188. The van der Waals surface area contributed by atoms with Crippen LogP contribution in [0.5, 0.6) is 11.6 Å². The van der Waals surface area contributed by atoms with Crippen molar-refractivity contribution >= 4 is 11.6 Å². The number of ether oxygens (including phenoxy) is 1. The van der Waals surface area contributed by atoms with Crippen LogP contribution in [0, 0.1) is 5.82 Å². The average molecular weight is 350 g/mol. The third-order valence-corrected chi connectivity index (χ3v) is 3.32. The maximum atomic E-state index is 13.7. The SMILES string of the molecule is OCCCc1nc(-c2ccc(Oc3ncc(Cl)cc3F)cc2)no1. The second-order valence-corrected chi connectivity index (χ2v) is 5.34. The first kappa shape index (κ1) is 16.4. The number of pyridine rings is 1. The van der Waals surface area contributed by atoms with Crippen LogP contribution in [0.15, 0.2) is 41.1 Å². The summed E-state index contributed by atoms with van der Waals surface area (Å²) in [5.74, 6) is 0.518. The van der Waals surface area contributed by atoms with Gasteiger partial charge in [-0.1, -0.05) is 16.8 Å². The van der Waals surface area contributed by atoms with Crippen LogP contribution in [-0.2, 0) is 6.42 Å². The van der Waals surface area contributed by atoms with Gasteiger partial charge in [-0.2, -0.15) is 4.98 Å². The minimum atomic E-state index is -0.640. The molecule has 0 radical (unpaired) electrons. The van der Waals surface area contributed by atoms with E-state index in [-0.39, 0.29) is 17.5 Å². The first-order chi connectivity index (χ1) is 11.7. The van der Waals surface area contributed by atoms with Gasteiger partial charge in [-0.3, -0.25) is 0 Å². The fourth-order valence-corrected chi connectivity index (χ4v) is 2.11. The van der Waals surface area contributed by atoms with Gasteiger partial charge in [-0.25, -0.2) is 9.37 Å². The Kier molecular flexibility index (Phi) is 5.02. The summed E-state index contributed by atoms with van der Waals surface area (Å²) in [7, 11) is 0. The van der Waals surface area contributed by atoms with Crippen molar-refractivity contribution in [3.05, 3.63) is 53.3 Å². The second kappa shape index (κ2) is 7.37. The number of aryl methyl sites for hydroxylation is 1. The molecule has 3 aromatic rings. The van der Waals surface area contributed by atoms with E-state index in [9.17, 15) is 4.39 Å². The molecule has 1 N–H and O–H groups in total. The van der Waals surface area contributed by atoms with E-state index in [4.69, 9.17) is 26.0 Å². The first-order valence-corrected chi connectivity index (χ1v) is 7.56. The van der Waals surface area contributed by atoms with Gasteiger partial charge in [0.05, 0.1) is 5.02 Å². The van der Waals surface area contributed by atoms with Crippen LogP contribution in [0.3, 0.4) is 0 Å². The number of rotatable bonds is 6. The lowest BCUT2D eigenvalue weighted by Gasteiger charge is -2.06. The van der Waals surface area contributed by atoms with E-state index in [0.29, 0.717) is 30.3 Å². The third-order valence-electron chi connectivity index (χ3n) is 3.12. The molecule has 24 heavy (non-hydrogen) atoms. The molecule has 0 bridgehead atoms. The maximum absolute atomic E-state index is 13.7. The first-order valence-electron chi connectivity index (χ1n) is 7.18. The van der Waals surface area contributed by atoms with Gasteiger partial charge >= 0.3 is 0 Å². The van der Waals surface area contributed by atoms with E-state index in [1.165, 1.54) is 6.20 Å². The Morgan fingerprint density at radius 1 is 1.25 bits per heavy atom. The lowest BCUT2D eigenvalue weighted by molar-refractivity contribution is 0.278. The molecule has 0 aliphatic heterocycles. The molecule has 2 heterocycles. The highest BCUT2D eigenvalue weighted by atomic mass is 35.5. The molecule has 0 aliphatic rings. The summed E-state index contributed by atoms with van der Waals surface area (Å²) in [5, 5.41) is 12.9. The molecule has 0 saturated heterocycles. The van der Waals surface area contributed by atoms with Gasteiger partial charge in [0.25, 0.3) is 5.88 Å². The van der Waals surface area contributed by atoms with Crippen LogP contribution in [0.1, 0.15) is 12.3 Å². The predicted molar refractivity (Wildman–Crippen MR) is 84.4 cm³/mol. The number of nitrogens with zero attached hydrogens (tertiary/aromatic N) is 3. The molecule has 0 amide bonds. The van der Waals surface area contributed by atoms with Crippen molar-refractivity contribution in [1.82, 2.24) is 15.1 Å². The van der Waals surface area contributed by atoms with Gasteiger partial charge in [0, 0.05) is 24.8 Å². The largest absolute Gasteiger partial charge is 0.436 e. The van der Waals surface area contributed by atoms with Crippen LogP contribution in [0.4, 0.5) is 4.39 Å². The van der Waals surface area contributed by atoms with Crippen molar-refractivity contribution in [1.29, 1.82) is 0 Å². The molecule has 3 rings (SSSR count). The van der Waals surface area contributed by atoms with Crippen LogP contribution in [0.25, 0.3) is 11.4 Å². The Labute approximate surface area is 141 Å². The molecule has 1 aromatic carbocycles. The summed E-state index contributed by atoms with van der Waals surface area (Å²) in [6.07, 6.45) is 2.39. The lowest BCUT2D eigenvalue weighted by atomic mass is 10.2. The monoisotopic (exact) mass is 349 g/mol. The molecule has 124 valence electrons. The van der Waals surface area contributed by atoms with E-state index in [1.807, 2.05) is 0 Å². The molecular formula is C16H13ClFN3O3. The molecule has 0 saturated carbocycles. The Bertz CT molecular complexity index is 824. The van der Waals surface area contributed by atoms with Crippen molar-refractivity contribution < 1.29 is 18.8 Å². The summed E-state index contributed by atoms with van der Waals surface area (Å²) in [6.45, 7) is 0.0685. The highest BCUT2D eigenvalue weighted by molar-refractivity contribution is 6.30. The van der Waals surface area contributed by atoms with Crippen LogP contribution < -0.4 is 4.74 Å². The number of hydrogen-bond acceptors (Lipinski definition) is 6.